The van der Waals surface area contributed by atoms with Gasteiger partial charge in [-0.3, -0.25) is 19.7 Å². The Balaban J connectivity index is 1.46. The van der Waals surface area contributed by atoms with Gasteiger partial charge in [-0.1, -0.05) is 17.7 Å². The van der Waals surface area contributed by atoms with E-state index in [9.17, 15) is 14.7 Å². The molecule has 0 unspecified atom stereocenters. The fourth-order valence-electron chi connectivity index (χ4n) is 3.34. The van der Waals surface area contributed by atoms with E-state index in [1.54, 1.807) is 30.1 Å². The maximum absolute atomic E-state index is 12.1. The van der Waals surface area contributed by atoms with Gasteiger partial charge in [-0.15, -0.1) is 0 Å². The molecule has 1 aliphatic heterocycles. The van der Waals surface area contributed by atoms with E-state index in [-0.39, 0.29) is 12.5 Å². The van der Waals surface area contributed by atoms with Crippen LogP contribution in [0.4, 0.5) is 10.5 Å². The maximum atomic E-state index is 12.1. The summed E-state index contributed by atoms with van der Waals surface area (Å²) >= 11 is 0. The van der Waals surface area contributed by atoms with E-state index in [0.717, 1.165) is 11.3 Å². The molecule has 0 bridgehead atoms. The Kier molecular flexibility index (Phi) is 5.57. The van der Waals surface area contributed by atoms with Crippen LogP contribution >= 0.6 is 0 Å². The fraction of sp³-hybridized carbons (Fsp3) is 0.421. The Morgan fingerprint density at radius 2 is 1.85 bits per heavy atom. The van der Waals surface area contributed by atoms with Gasteiger partial charge in [-0.25, -0.2) is 4.79 Å². The zero-order chi connectivity index (χ0) is 19.4. The molecule has 1 fully saturated rings. The zero-order valence-electron chi connectivity index (χ0n) is 15.6. The van der Waals surface area contributed by atoms with Crippen molar-refractivity contribution in [2.45, 2.75) is 25.4 Å². The molecule has 0 atom stereocenters. The van der Waals surface area contributed by atoms with Crippen molar-refractivity contribution < 1.29 is 14.7 Å². The number of rotatable bonds is 4. The van der Waals surface area contributed by atoms with Gasteiger partial charge in [0.25, 0.3) is 0 Å². The number of benzene rings is 1. The second kappa shape index (κ2) is 7.89. The first kappa shape index (κ1) is 19.1. The van der Waals surface area contributed by atoms with Gasteiger partial charge in [0.05, 0.1) is 12.2 Å². The topological polar surface area (TPSA) is 99.5 Å². The van der Waals surface area contributed by atoms with Gasteiger partial charge in [0.15, 0.2) is 0 Å². The number of aryl methyl sites for hydroxylation is 2. The number of aliphatic hydroxyl groups is 1. The van der Waals surface area contributed by atoms with Gasteiger partial charge in [0.1, 0.15) is 5.60 Å². The summed E-state index contributed by atoms with van der Waals surface area (Å²) < 4.78 is 1.68. The van der Waals surface area contributed by atoms with Gasteiger partial charge in [-0.05, 0) is 38.0 Å². The van der Waals surface area contributed by atoms with Gasteiger partial charge in [0.2, 0.25) is 5.91 Å². The molecule has 0 radical (unpaired) electrons. The van der Waals surface area contributed by atoms with E-state index in [1.807, 2.05) is 30.0 Å². The molecule has 144 valence electrons. The molecule has 0 aliphatic carbocycles. The smallest absolute Gasteiger partial charge is 0.325 e. The van der Waals surface area contributed by atoms with Gasteiger partial charge in [-0.2, -0.15) is 5.10 Å². The van der Waals surface area contributed by atoms with Crippen molar-refractivity contribution in [1.82, 2.24) is 20.0 Å². The van der Waals surface area contributed by atoms with Crippen LogP contribution < -0.4 is 10.6 Å². The number of imide groups is 1. The summed E-state index contributed by atoms with van der Waals surface area (Å²) in [6.07, 6.45) is 2.69. The molecule has 3 N–H and O–H groups in total. The molecule has 8 heteroatoms. The first-order valence-electron chi connectivity index (χ1n) is 8.96. The maximum Gasteiger partial charge on any atom is 0.325 e. The van der Waals surface area contributed by atoms with Crippen LogP contribution in [0.25, 0.3) is 0 Å². The quantitative estimate of drug-likeness (QED) is 0.754. The third-order valence-electron chi connectivity index (χ3n) is 4.91. The number of carbonyl (C=O) groups excluding carboxylic acids is 2. The average molecular weight is 371 g/mol. The fourth-order valence-corrected chi connectivity index (χ4v) is 3.34. The highest BCUT2D eigenvalue weighted by Crippen LogP contribution is 2.32. The van der Waals surface area contributed by atoms with Crippen LogP contribution in [-0.2, 0) is 17.4 Å². The second-order valence-electron chi connectivity index (χ2n) is 7.02. The molecule has 3 rings (SSSR count). The molecule has 3 amide bonds. The Hall–Kier alpha value is -2.71. The molecule has 1 aromatic heterocycles. The van der Waals surface area contributed by atoms with Gasteiger partial charge < -0.3 is 10.4 Å². The molecular formula is C19H25N5O3. The SMILES string of the molecule is Cc1ccc(NC(=O)NC(=O)CN2CCC(O)(c3ccnn3C)CC2)cc1. The summed E-state index contributed by atoms with van der Waals surface area (Å²) in [5.74, 6) is -0.370. The van der Waals surface area contributed by atoms with Crippen LogP contribution in [-0.4, -0.2) is 51.4 Å². The van der Waals surface area contributed by atoms with Crippen molar-refractivity contribution in [3.05, 3.63) is 47.8 Å². The molecule has 1 aromatic carbocycles. The summed E-state index contributed by atoms with van der Waals surface area (Å²) in [5.41, 5.74) is 1.57. The van der Waals surface area contributed by atoms with Crippen molar-refractivity contribution in [1.29, 1.82) is 0 Å². The van der Waals surface area contributed by atoms with E-state index >= 15 is 0 Å². The lowest BCUT2D eigenvalue weighted by Gasteiger charge is -2.37. The van der Waals surface area contributed by atoms with Crippen LogP contribution in [0.2, 0.25) is 0 Å². The Morgan fingerprint density at radius 1 is 1.19 bits per heavy atom. The summed E-state index contributed by atoms with van der Waals surface area (Å²) in [7, 11) is 1.81. The predicted octanol–water partition coefficient (Wildman–Crippen LogP) is 1.36. The summed E-state index contributed by atoms with van der Waals surface area (Å²) in [6.45, 7) is 3.20. The van der Waals surface area contributed by atoms with Crippen molar-refractivity contribution in [2.75, 3.05) is 25.0 Å². The Morgan fingerprint density at radius 3 is 2.44 bits per heavy atom. The predicted molar refractivity (Wildman–Crippen MR) is 101 cm³/mol. The minimum absolute atomic E-state index is 0.114. The van der Waals surface area contributed by atoms with Crippen molar-refractivity contribution in [3.63, 3.8) is 0 Å². The van der Waals surface area contributed by atoms with Crippen LogP contribution in [0.15, 0.2) is 36.5 Å². The molecular weight excluding hydrogens is 346 g/mol. The highest BCUT2D eigenvalue weighted by atomic mass is 16.3. The number of hydrogen-bond acceptors (Lipinski definition) is 5. The Labute approximate surface area is 158 Å². The molecule has 1 saturated heterocycles. The third-order valence-corrected chi connectivity index (χ3v) is 4.91. The molecule has 2 aromatic rings. The number of piperidine rings is 1. The van der Waals surface area contributed by atoms with Crippen LogP contribution in [0.1, 0.15) is 24.1 Å². The molecule has 8 nitrogen and oxygen atoms in total. The number of carbonyl (C=O) groups is 2. The van der Waals surface area contributed by atoms with E-state index < -0.39 is 11.6 Å². The van der Waals surface area contributed by atoms with Crippen molar-refractivity contribution in [3.8, 4) is 0 Å². The lowest BCUT2D eigenvalue weighted by Crippen LogP contribution is -2.48. The number of urea groups is 1. The highest BCUT2D eigenvalue weighted by molar-refractivity contribution is 6.01. The minimum Gasteiger partial charge on any atom is -0.383 e. The number of anilines is 1. The highest BCUT2D eigenvalue weighted by Gasteiger charge is 2.36. The number of likely N-dealkylation sites (tertiary alicyclic amines) is 1. The summed E-state index contributed by atoms with van der Waals surface area (Å²) in [6, 6.07) is 8.60. The largest absolute Gasteiger partial charge is 0.383 e. The van der Waals surface area contributed by atoms with E-state index in [0.29, 0.717) is 31.6 Å². The molecule has 0 spiro atoms. The van der Waals surface area contributed by atoms with Crippen LogP contribution in [0, 0.1) is 6.92 Å². The molecule has 1 aliphatic rings. The Bertz CT molecular complexity index is 807. The number of amides is 3. The van der Waals surface area contributed by atoms with Crippen LogP contribution in [0.5, 0.6) is 0 Å². The van der Waals surface area contributed by atoms with E-state index in [4.69, 9.17) is 0 Å². The lowest BCUT2D eigenvalue weighted by atomic mass is 9.88. The molecule has 2 heterocycles. The summed E-state index contributed by atoms with van der Waals surface area (Å²) in [5, 5.41) is 19.9. The van der Waals surface area contributed by atoms with Crippen molar-refractivity contribution >= 4 is 17.6 Å². The first-order chi connectivity index (χ1) is 12.9. The number of nitrogens with zero attached hydrogens (tertiary/aromatic N) is 3. The zero-order valence-corrected chi connectivity index (χ0v) is 15.6. The lowest BCUT2D eigenvalue weighted by molar-refractivity contribution is -0.122. The standard InChI is InChI=1S/C19H25N5O3/c1-14-3-5-15(6-4-14)21-18(26)22-17(25)13-24-11-8-19(27,9-12-24)16-7-10-20-23(16)2/h3-7,10,27H,8-9,11-13H2,1-2H3,(H2,21,22,25,26). The summed E-state index contributed by atoms with van der Waals surface area (Å²) in [4.78, 5) is 26.0. The monoisotopic (exact) mass is 371 g/mol. The third kappa shape index (κ3) is 4.72. The first-order valence-corrected chi connectivity index (χ1v) is 8.96. The van der Waals surface area contributed by atoms with Gasteiger partial charge >= 0.3 is 6.03 Å². The van der Waals surface area contributed by atoms with Crippen LogP contribution in [0.3, 0.4) is 0 Å². The second-order valence-corrected chi connectivity index (χ2v) is 7.02. The van der Waals surface area contributed by atoms with E-state index in [1.165, 1.54) is 0 Å². The van der Waals surface area contributed by atoms with E-state index in [2.05, 4.69) is 15.7 Å². The molecule has 0 saturated carbocycles. The normalized spacial score (nSPS) is 16.7. The number of nitrogens with one attached hydrogen (secondary N) is 2. The number of hydrogen-bond donors (Lipinski definition) is 3. The minimum atomic E-state index is -0.930. The average Bonchev–Trinajstić information content (AvgIpc) is 3.06. The van der Waals surface area contributed by atoms with Gasteiger partial charge in [0, 0.05) is 32.0 Å². The number of aromatic nitrogens is 2. The van der Waals surface area contributed by atoms with Crippen molar-refractivity contribution in [2.24, 2.45) is 7.05 Å². The molecule has 27 heavy (non-hydrogen) atoms.